The summed E-state index contributed by atoms with van der Waals surface area (Å²) in [5.41, 5.74) is 6.68. The zero-order valence-corrected chi connectivity index (χ0v) is 13.0. The van der Waals surface area contributed by atoms with Crippen molar-refractivity contribution in [2.45, 2.75) is 26.7 Å². The van der Waals surface area contributed by atoms with Gasteiger partial charge >= 0.3 is 0 Å². The summed E-state index contributed by atoms with van der Waals surface area (Å²) >= 11 is 5.91. The maximum atomic E-state index is 11.9. The Kier molecular flexibility index (Phi) is 5.16. The normalized spacial score (nSPS) is 10.3. The molecule has 7 heteroatoms. The molecule has 116 valence electrons. The lowest BCUT2D eigenvalue weighted by molar-refractivity contribution is -0.121. The van der Waals surface area contributed by atoms with Gasteiger partial charge in [0.15, 0.2) is 0 Å². The molecule has 1 aromatic heterocycles. The fraction of sp³-hybridized carbons (Fsp3) is 0.267. The van der Waals surface area contributed by atoms with Gasteiger partial charge in [-0.2, -0.15) is 0 Å². The fourth-order valence-electron chi connectivity index (χ4n) is 2.00. The number of nitrogens with zero attached hydrogens (tertiary/aromatic N) is 1. The van der Waals surface area contributed by atoms with Gasteiger partial charge in [0.25, 0.3) is 5.91 Å². The highest BCUT2D eigenvalue weighted by Crippen LogP contribution is 2.15. The minimum absolute atomic E-state index is 0.214. The predicted octanol–water partition coefficient (Wildman–Crippen LogP) is 2.34. The van der Waals surface area contributed by atoms with Crippen molar-refractivity contribution in [3.05, 3.63) is 51.9 Å². The predicted molar refractivity (Wildman–Crippen MR) is 81.4 cm³/mol. The van der Waals surface area contributed by atoms with Crippen molar-refractivity contribution in [2.24, 2.45) is 0 Å². The Hall–Kier alpha value is -2.34. The summed E-state index contributed by atoms with van der Waals surface area (Å²) in [5, 5.41) is 4.15. The molecule has 2 aromatic rings. The molecule has 0 aliphatic carbocycles. The van der Waals surface area contributed by atoms with Gasteiger partial charge < -0.3 is 4.52 Å². The number of halogens is 1. The van der Waals surface area contributed by atoms with E-state index in [1.807, 2.05) is 6.92 Å². The van der Waals surface area contributed by atoms with Gasteiger partial charge in [0.1, 0.15) is 5.76 Å². The lowest BCUT2D eigenvalue weighted by Gasteiger charge is -2.08. The number of hydrogen-bond donors (Lipinski definition) is 2. The van der Waals surface area contributed by atoms with E-state index in [1.165, 1.54) is 0 Å². The van der Waals surface area contributed by atoms with Gasteiger partial charge in [0.2, 0.25) is 5.91 Å². The summed E-state index contributed by atoms with van der Waals surface area (Å²) in [4.78, 5) is 23.6. The molecule has 0 atom stereocenters. The minimum Gasteiger partial charge on any atom is -0.361 e. The minimum atomic E-state index is -0.462. The van der Waals surface area contributed by atoms with Gasteiger partial charge in [-0.15, -0.1) is 0 Å². The third-order valence-corrected chi connectivity index (χ3v) is 3.55. The van der Waals surface area contributed by atoms with Crippen LogP contribution in [0.1, 0.15) is 33.8 Å². The number of amides is 2. The second kappa shape index (κ2) is 7.09. The Morgan fingerprint density at radius 1 is 1.23 bits per heavy atom. The van der Waals surface area contributed by atoms with Crippen LogP contribution in [0.5, 0.6) is 0 Å². The number of hydrazine groups is 1. The SMILES string of the molecule is Cc1noc(C)c1CCC(=O)NNC(=O)c1ccccc1Cl. The zero-order chi connectivity index (χ0) is 16.1. The molecule has 22 heavy (non-hydrogen) atoms. The van der Waals surface area contributed by atoms with E-state index < -0.39 is 5.91 Å². The molecule has 2 rings (SSSR count). The molecular weight excluding hydrogens is 306 g/mol. The number of benzene rings is 1. The largest absolute Gasteiger partial charge is 0.361 e. The fourth-order valence-corrected chi connectivity index (χ4v) is 2.22. The van der Waals surface area contributed by atoms with Crippen molar-refractivity contribution in [3.8, 4) is 0 Å². The van der Waals surface area contributed by atoms with Gasteiger partial charge in [-0.25, -0.2) is 0 Å². The van der Waals surface area contributed by atoms with Crippen LogP contribution in [0.2, 0.25) is 5.02 Å². The van der Waals surface area contributed by atoms with Crippen molar-refractivity contribution in [3.63, 3.8) is 0 Å². The number of aryl methyl sites for hydroxylation is 2. The van der Waals surface area contributed by atoms with E-state index in [2.05, 4.69) is 16.0 Å². The number of aromatic nitrogens is 1. The lowest BCUT2D eigenvalue weighted by atomic mass is 10.1. The second-order valence-electron chi connectivity index (χ2n) is 4.78. The van der Waals surface area contributed by atoms with Crippen LogP contribution in [-0.2, 0) is 11.2 Å². The van der Waals surface area contributed by atoms with Crippen LogP contribution in [-0.4, -0.2) is 17.0 Å². The zero-order valence-electron chi connectivity index (χ0n) is 12.3. The van der Waals surface area contributed by atoms with Crippen LogP contribution >= 0.6 is 11.6 Å². The Morgan fingerprint density at radius 3 is 2.59 bits per heavy atom. The van der Waals surface area contributed by atoms with E-state index in [4.69, 9.17) is 16.1 Å². The van der Waals surface area contributed by atoms with Crippen molar-refractivity contribution >= 4 is 23.4 Å². The van der Waals surface area contributed by atoms with Crippen molar-refractivity contribution in [1.82, 2.24) is 16.0 Å². The number of carbonyl (C=O) groups is 2. The topological polar surface area (TPSA) is 84.2 Å². The van der Waals surface area contributed by atoms with Gasteiger partial charge in [0, 0.05) is 12.0 Å². The van der Waals surface area contributed by atoms with Gasteiger partial charge in [-0.1, -0.05) is 28.9 Å². The molecule has 0 aliphatic rings. The van der Waals surface area contributed by atoms with Crippen LogP contribution in [0.3, 0.4) is 0 Å². The Morgan fingerprint density at radius 2 is 1.95 bits per heavy atom. The quantitative estimate of drug-likeness (QED) is 0.846. The first-order chi connectivity index (χ1) is 10.5. The lowest BCUT2D eigenvalue weighted by Crippen LogP contribution is -2.41. The van der Waals surface area contributed by atoms with E-state index in [0.717, 1.165) is 11.3 Å². The molecule has 0 fully saturated rings. The summed E-state index contributed by atoms with van der Waals surface area (Å²) in [5.74, 6) is -0.0675. The summed E-state index contributed by atoms with van der Waals surface area (Å²) < 4.78 is 5.03. The van der Waals surface area contributed by atoms with E-state index in [0.29, 0.717) is 22.8 Å². The highest BCUT2D eigenvalue weighted by atomic mass is 35.5. The van der Waals surface area contributed by atoms with E-state index in [-0.39, 0.29) is 12.3 Å². The van der Waals surface area contributed by atoms with E-state index in [1.54, 1.807) is 31.2 Å². The number of carbonyl (C=O) groups excluding carboxylic acids is 2. The molecule has 0 aliphatic heterocycles. The molecule has 1 aromatic carbocycles. The number of nitrogens with one attached hydrogen (secondary N) is 2. The highest BCUT2D eigenvalue weighted by molar-refractivity contribution is 6.33. The van der Waals surface area contributed by atoms with Crippen molar-refractivity contribution in [1.29, 1.82) is 0 Å². The molecule has 0 saturated carbocycles. The Bertz CT molecular complexity index is 678. The summed E-state index contributed by atoms with van der Waals surface area (Å²) in [6.07, 6.45) is 0.709. The molecular formula is C15H16ClN3O3. The average molecular weight is 322 g/mol. The molecule has 1 heterocycles. The molecule has 6 nitrogen and oxygen atoms in total. The molecule has 2 amide bonds. The first-order valence-corrected chi connectivity index (χ1v) is 7.12. The van der Waals surface area contributed by atoms with Crippen LogP contribution in [0.25, 0.3) is 0 Å². The highest BCUT2D eigenvalue weighted by Gasteiger charge is 2.13. The monoisotopic (exact) mass is 321 g/mol. The number of rotatable bonds is 4. The molecule has 0 radical (unpaired) electrons. The van der Waals surface area contributed by atoms with E-state index >= 15 is 0 Å². The third kappa shape index (κ3) is 3.85. The number of hydrogen-bond acceptors (Lipinski definition) is 4. The first-order valence-electron chi connectivity index (χ1n) is 6.74. The average Bonchev–Trinajstić information content (AvgIpc) is 2.82. The smallest absolute Gasteiger partial charge is 0.271 e. The summed E-state index contributed by atoms with van der Waals surface area (Å²) in [7, 11) is 0. The third-order valence-electron chi connectivity index (χ3n) is 3.22. The maximum Gasteiger partial charge on any atom is 0.271 e. The Balaban J connectivity index is 1.83. The van der Waals surface area contributed by atoms with Crippen molar-refractivity contribution < 1.29 is 14.1 Å². The van der Waals surface area contributed by atoms with E-state index in [9.17, 15) is 9.59 Å². The molecule has 0 spiro atoms. The standard InChI is InChI=1S/C15H16ClN3O3/c1-9-11(10(2)22-19-9)7-8-14(20)17-18-15(21)12-5-3-4-6-13(12)16/h3-6H,7-8H2,1-2H3,(H,17,20)(H,18,21). The summed E-state index contributed by atoms with van der Waals surface area (Å²) in [6.45, 7) is 3.62. The summed E-state index contributed by atoms with van der Waals surface area (Å²) in [6, 6.07) is 6.60. The molecule has 0 bridgehead atoms. The van der Waals surface area contributed by atoms with Gasteiger partial charge in [0.05, 0.1) is 16.3 Å². The maximum absolute atomic E-state index is 11.9. The van der Waals surface area contributed by atoms with Crippen molar-refractivity contribution in [2.75, 3.05) is 0 Å². The van der Waals surface area contributed by atoms with Crippen LogP contribution in [0.4, 0.5) is 0 Å². The molecule has 0 saturated heterocycles. The second-order valence-corrected chi connectivity index (χ2v) is 5.19. The van der Waals surface area contributed by atoms with Crippen LogP contribution in [0.15, 0.2) is 28.8 Å². The molecule has 2 N–H and O–H groups in total. The van der Waals surface area contributed by atoms with Crippen LogP contribution in [0, 0.1) is 13.8 Å². The van der Waals surface area contributed by atoms with Crippen LogP contribution < -0.4 is 10.9 Å². The van der Waals surface area contributed by atoms with Gasteiger partial charge in [-0.3, -0.25) is 20.4 Å². The molecule has 0 unspecified atom stereocenters. The Labute approximate surface area is 132 Å². The van der Waals surface area contributed by atoms with Gasteiger partial charge in [-0.05, 0) is 32.4 Å². The first kappa shape index (κ1) is 16.0.